The second kappa shape index (κ2) is 9.19. The molecule has 1 fully saturated rings. The third-order valence-electron chi connectivity index (χ3n) is 4.56. The van der Waals surface area contributed by atoms with Gasteiger partial charge in [-0.05, 0) is 37.5 Å². The molecule has 122 valence electrons. The van der Waals surface area contributed by atoms with Crippen LogP contribution in [-0.4, -0.2) is 31.4 Å². The molecule has 0 saturated heterocycles. The maximum Gasteiger partial charge on any atom is 0.319 e. The Kier molecular flexibility index (Phi) is 7.94. The topological polar surface area (TPSA) is 55.4 Å². The zero-order valence-electron chi connectivity index (χ0n) is 14.0. The zero-order chi connectivity index (χ0) is 15.8. The van der Waals surface area contributed by atoms with Gasteiger partial charge in [0, 0.05) is 18.9 Å². The largest absolute Gasteiger partial charge is 0.465 e. The molecule has 0 radical (unpaired) electrons. The van der Waals surface area contributed by atoms with Crippen LogP contribution in [0.5, 0.6) is 0 Å². The molecule has 3 unspecified atom stereocenters. The fourth-order valence-electron chi connectivity index (χ4n) is 3.37. The number of carbonyl (C=O) groups is 2. The van der Waals surface area contributed by atoms with E-state index in [-0.39, 0.29) is 18.4 Å². The number of Topliss-reactive ketones (excluding diaryl/α,β-unsaturated/α-hetero) is 1. The van der Waals surface area contributed by atoms with Crippen molar-refractivity contribution in [2.75, 3.05) is 19.7 Å². The first-order valence-corrected chi connectivity index (χ1v) is 8.34. The molecule has 1 aliphatic rings. The minimum atomic E-state index is -0.253. The first-order chi connectivity index (χ1) is 9.95. The van der Waals surface area contributed by atoms with Crippen LogP contribution in [0.1, 0.15) is 53.4 Å². The molecule has 3 atom stereocenters. The predicted octanol–water partition coefficient (Wildman–Crippen LogP) is 2.81. The summed E-state index contributed by atoms with van der Waals surface area (Å²) >= 11 is 0. The summed E-state index contributed by atoms with van der Waals surface area (Å²) in [6, 6.07) is 0. The highest BCUT2D eigenvalue weighted by Crippen LogP contribution is 2.38. The lowest BCUT2D eigenvalue weighted by molar-refractivity contribution is -0.142. The normalized spacial score (nSPS) is 25.9. The second-order valence-corrected chi connectivity index (χ2v) is 6.63. The van der Waals surface area contributed by atoms with E-state index in [0.717, 1.165) is 6.42 Å². The van der Waals surface area contributed by atoms with Gasteiger partial charge in [-0.1, -0.05) is 27.2 Å². The quantitative estimate of drug-likeness (QED) is 0.553. The second-order valence-electron chi connectivity index (χ2n) is 6.63. The number of nitrogens with one attached hydrogen (secondary N) is 1. The first kappa shape index (κ1) is 18.1. The van der Waals surface area contributed by atoms with Crippen LogP contribution in [0, 0.1) is 23.7 Å². The van der Waals surface area contributed by atoms with Crippen molar-refractivity contribution in [3.05, 3.63) is 0 Å². The van der Waals surface area contributed by atoms with Crippen LogP contribution in [0.3, 0.4) is 0 Å². The highest BCUT2D eigenvalue weighted by atomic mass is 16.5. The molecular weight excluding hydrogens is 266 g/mol. The monoisotopic (exact) mass is 297 g/mol. The van der Waals surface area contributed by atoms with Crippen molar-refractivity contribution < 1.29 is 14.3 Å². The molecule has 0 amide bonds. The van der Waals surface area contributed by atoms with Crippen molar-refractivity contribution in [2.45, 2.75) is 53.4 Å². The Balaban J connectivity index is 2.36. The van der Waals surface area contributed by atoms with E-state index in [1.165, 1.54) is 12.8 Å². The van der Waals surface area contributed by atoms with E-state index in [0.29, 0.717) is 43.1 Å². The maximum atomic E-state index is 12.5. The number of rotatable bonds is 8. The van der Waals surface area contributed by atoms with Crippen molar-refractivity contribution in [1.82, 2.24) is 5.32 Å². The first-order valence-electron chi connectivity index (χ1n) is 8.34. The average Bonchev–Trinajstić information content (AvgIpc) is 2.43. The molecule has 0 aromatic heterocycles. The molecule has 1 N–H and O–H groups in total. The summed E-state index contributed by atoms with van der Waals surface area (Å²) in [6.45, 7) is 9.63. The van der Waals surface area contributed by atoms with Crippen molar-refractivity contribution in [3.63, 3.8) is 0 Å². The van der Waals surface area contributed by atoms with Crippen molar-refractivity contribution in [3.8, 4) is 0 Å². The molecule has 4 heteroatoms. The minimum absolute atomic E-state index is 0.190. The predicted molar refractivity (Wildman–Crippen MR) is 84.0 cm³/mol. The molecule has 1 rings (SSSR count). The van der Waals surface area contributed by atoms with Gasteiger partial charge >= 0.3 is 5.97 Å². The van der Waals surface area contributed by atoms with E-state index in [4.69, 9.17) is 4.74 Å². The van der Waals surface area contributed by atoms with Gasteiger partial charge in [0.2, 0.25) is 0 Å². The smallest absolute Gasteiger partial charge is 0.319 e. The maximum absolute atomic E-state index is 12.5. The summed E-state index contributed by atoms with van der Waals surface area (Å²) in [4.78, 5) is 23.7. The van der Waals surface area contributed by atoms with Gasteiger partial charge in [0.1, 0.15) is 5.78 Å². The molecule has 1 saturated carbocycles. The highest BCUT2D eigenvalue weighted by Gasteiger charge is 2.34. The SMILES string of the molecule is CCOC(=O)CNCCC(=O)C1CC(C)CCC1C(C)C. The number of hydrogen-bond donors (Lipinski definition) is 1. The third-order valence-corrected chi connectivity index (χ3v) is 4.56. The van der Waals surface area contributed by atoms with E-state index in [9.17, 15) is 9.59 Å². The molecule has 0 spiro atoms. The molecule has 0 heterocycles. The summed E-state index contributed by atoms with van der Waals surface area (Å²) in [7, 11) is 0. The lowest BCUT2D eigenvalue weighted by atomic mass is 9.68. The Hall–Kier alpha value is -0.900. The van der Waals surface area contributed by atoms with Gasteiger partial charge in [-0.25, -0.2) is 0 Å². The van der Waals surface area contributed by atoms with Crippen LogP contribution in [0.2, 0.25) is 0 Å². The lowest BCUT2D eigenvalue weighted by Gasteiger charge is -2.36. The van der Waals surface area contributed by atoms with Gasteiger partial charge in [0.05, 0.1) is 13.2 Å². The van der Waals surface area contributed by atoms with Crippen molar-refractivity contribution in [1.29, 1.82) is 0 Å². The van der Waals surface area contributed by atoms with Crippen LogP contribution >= 0.6 is 0 Å². The molecule has 0 aromatic rings. The Morgan fingerprint density at radius 1 is 1.29 bits per heavy atom. The van der Waals surface area contributed by atoms with Crippen molar-refractivity contribution >= 4 is 11.8 Å². The van der Waals surface area contributed by atoms with E-state index in [1.54, 1.807) is 6.92 Å². The minimum Gasteiger partial charge on any atom is -0.465 e. The standard InChI is InChI=1S/C17H31NO3/c1-5-21-17(20)11-18-9-8-16(19)15-10-13(4)6-7-14(15)12(2)3/h12-15,18H,5-11H2,1-4H3. The fourth-order valence-corrected chi connectivity index (χ4v) is 3.37. The van der Waals surface area contributed by atoms with Crippen LogP contribution in [-0.2, 0) is 14.3 Å². The summed E-state index contributed by atoms with van der Waals surface area (Å²) in [5.41, 5.74) is 0. The zero-order valence-corrected chi connectivity index (χ0v) is 14.0. The number of carbonyl (C=O) groups excluding carboxylic acids is 2. The van der Waals surface area contributed by atoms with E-state index >= 15 is 0 Å². The number of esters is 1. The Morgan fingerprint density at radius 2 is 2.00 bits per heavy atom. The number of hydrogen-bond acceptors (Lipinski definition) is 4. The summed E-state index contributed by atoms with van der Waals surface area (Å²) in [5, 5.41) is 3.00. The molecule has 0 bridgehead atoms. The number of ketones is 1. The van der Waals surface area contributed by atoms with Gasteiger partial charge in [-0.2, -0.15) is 0 Å². The van der Waals surface area contributed by atoms with Crippen LogP contribution in [0.15, 0.2) is 0 Å². The van der Waals surface area contributed by atoms with E-state index < -0.39 is 0 Å². The van der Waals surface area contributed by atoms with Crippen LogP contribution in [0.4, 0.5) is 0 Å². The van der Waals surface area contributed by atoms with E-state index in [2.05, 4.69) is 26.1 Å². The molecule has 1 aliphatic carbocycles. The molecule has 0 aromatic carbocycles. The van der Waals surface area contributed by atoms with Crippen LogP contribution in [0.25, 0.3) is 0 Å². The summed E-state index contributed by atoms with van der Waals surface area (Å²) in [6.07, 6.45) is 3.96. The van der Waals surface area contributed by atoms with Gasteiger partial charge in [-0.15, -0.1) is 0 Å². The Labute approximate surface area is 129 Å². The van der Waals surface area contributed by atoms with Crippen molar-refractivity contribution in [2.24, 2.45) is 23.7 Å². The van der Waals surface area contributed by atoms with Gasteiger partial charge < -0.3 is 10.1 Å². The Morgan fingerprint density at radius 3 is 2.62 bits per heavy atom. The van der Waals surface area contributed by atoms with Gasteiger partial charge in [0.15, 0.2) is 0 Å². The lowest BCUT2D eigenvalue weighted by Crippen LogP contribution is -2.35. The summed E-state index contributed by atoms with van der Waals surface area (Å²) < 4.78 is 4.84. The molecule has 4 nitrogen and oxygen atoms in total. The Bertz CT molecular complexity index is 341. The van der Waals surface area contributed by atoms with Gasteiger partial charge in [-0.3, -0.25) is 9.59 Å². The molecule has 0 aliphatic heterocycles. The third kappa shape index (κ3) is 6.16. The van der Waals surface area contributed by atoms with Gasteiger partial charge in [0.25, 0.3) is 0 Å². The fraction of sp³-hybridized carbons (Fsp3) is 0.882. The van der Waals surface area contributed by atoms with Crippen LogP contribution < -0.4 is 5.32 Å². The summed E-state index contributed by atoms with van der Waals surface area (Å²) in [5.74, 6) is 2.06. The average molecular weight is 297 g/mol. The molecular formula is C17H31NO3. The highest BCUT2D eigenvalue weighted by molar-refractivity contribution is 5.81. The number of ether oxygens (including phenoxy) is 1. The van der Waals surface area contributed by atoms with E-state index in [1.807, 2.05) is 0 Å². The molecule has 21 heavy (non-hydrogen) atoms.